The summed E-state index contributed by atoms with van der Waals surface area (Å²) in [5.74, 6) is -0.749. The summed E-state index contributed by atoms with van der Waals surface area (Å²) >= 11 is 0. The molecule has 0 amide bonds. The molecule has 0 spiro atoms. The molecule has 192 valence electrons. The van der Waals surface area contributed by atoms with E-state index in [1.807, 2.05) is 24.3 Å². The van der Waals surface area contributed by atoms with Gasteiger partial charge in [-0.15, -0.1) is 10.2 Å². The zero-order valence-corrected chi connectivity index (χ0v) is 20.3. The molecule has 5 aromatic rings. The van der Waals surface area contributed by atoms with Gasteiger partial charge in [0.2, 0.25) is 5.95 Å². The van der Waals surface area contributed by atoms with Gasteiger partial charge in [-0.2, -0.15) is 0 Å². The van der Waals surface area contributed by atoms with Crippen LogP contribution in [0.4, 0.5) is 20.4 Å². The standard InChI is InChI=1S/C27H23F2N7O2/c28-21-10-5-7-18(24(21)29)17-33-13-6-14-34(16-15-33)27-30-22-11-3-1-8-19(22)25-31-32-26(35(25)27)20-9-2-4-12-23(20)36(37)38/h1-5,7-12H,6,13-17H2. The largest absolute Gasteiger partial charge is 0.341 e. The van der Waals surface area contributed by atoms with Crippen LogP contribution in [0.1, 0.15) is 12.0 Å². The molecule has 3 aromatic carbocycles. The Balaban J connectivity index is 1.41. The molecule has 0 aliphatic carbocycles. The number of rotatable bonds is 5. The molecule has 0 N–H and O–H groups in total. The first-order valence-electron chi connectivity index (χ1n) is 12.3. The summed E-state index contributed by atoms with van der Waals surface area (Å²) in [6.45, 7) is 2.80. The highest BCUT2D eigenvalue weighted by atomic mass is 19.2. The van der Waals surface area contributed by atoms with Gasteiger partial charge < -0.3 is 4.90 Å². The molecule has 2 aromatic heterocycles. The summed E-state index contributed by atoms with van der Waals surface area (Å²) in [6, 6.07) is 18.3. The van der Waals surface area contributed by atoms with Gasteiger partial charge in [-0.3, -0.25) is 15.0 Å². The number of nitro benzene ring substituents is 1. The van der Waals surface area contributed by atoms with Gasteiger partial charge in [0, 0.05) is 49.7 Å². The molecule has 1 aliphatic heterocycles. The Labute approximate surface area is 216 Å². The minimum Gasteiger partial charge on any atom is -0.341 e. The average molecular weight is 516 g/mol. The molecule has 1 fully saturated rings. The molecule has 0 atom stereocenters. The second kappa shape index (κ2) is 9.75. The van der Waals surface area contributed by atoms with Crippen LogP contribution in [0.5, 0.6) is 0 Å². The van der Waals surface area contributed by atoms with Gasteiger partial charge in [-0.05, 0) is 30.7 Å². The fourth-order valence-electron chi connectivity index (χ4n) is 5.02. The lowest BCUT2D eigenvalue weighted by Gasteiger charge is -2.24. The zero-order chi connectivity index (χ0) is 26.2. The number of benzene rings is 3. The number of hydrogen-bond donors (Lipinski definition) is 0. The van der Waals surface area contributed by atoms with Gasteiger partial charge in [-0.1, -0.05) is 36.4 Å². The first-order valence-corrected chi connectivity index (χ1v) is 12.3. The molecular weight excluding hydrogens is 492 g/mol. The van der Waals surface area contributed by atoms with Crippen molar-refractivity contribution in [3.8, 4) is 11.4 Å². The summed E-state index contributed by atoms with van der Waals surface area (Å²) in [7, 11) is 0. The molecule has 0 radical (unpaired) electrons. The Bertz CT molecular complexity index is 1670. The summed E-state index contributed by atoms with van der Waals surface area (Å²) in [5, 5.41) is 21.4. The van der Waals surface area contributed by atoms with Gasteiger partial charge in [-0.25, -0.2) is 18.2 Å². The fraction of sp³-hybridized carbons (Fsp3) is 0.222. The highest BCUT2D eigenvalue weighted by molar-refractivity contribution is 5.93. The fourth-order valence-corrected chi connectivity index (χ4v) is 5.02. The first-order chi connectivity index (χ1) is 18.5. The second-order valence-electron chi connectivity index (χ2n) is 9.22. The smallest absolute Gasteiger partial charge is 0.280 e. The molecule has 1 aliphatic rings. The SMILES string of the molecule is O=[N+]([O-])c1ccccc1-c1nnc2c3ccccc3nc(N3CCCN(Cc4cccc(F)c4F)CC3)n12. The molecule has 3 heterocycles. The van der Waals surface area contributed by atoms with Crippen LogP contribution in [-0.2, 0) is 6.54 Å². The minimum atomic E-state index is -0.850. The quantitative estimate of drug-likeness (QED) is 0.244. The van der Waals surface area contributed by atoms with Crippen molar-refractivity contribution in [2.75, 3.05) is 31.1 Å². The van der Waals surface area contributed by atoms with Crippen molar-refractivity contribution in [1.29, 1.82) is 0 Å². The zero-order valence-electron chi connectivity index (χ0n) is 20.3. The number of hydrogen-bond acceptors (Lipinski definition) is 7. The first kappa shape index (κ1) is 23.9. The van der Waals surface area contributed by atoms with E-state index in [1.54, 1.807) is 28.7 Å². The van der Waals surface area contributed by atoms with Crippen LogP contribution in [0.25, 0.3) is 27.9 Å². The van der Waals surface area contributed by atoms with E-state index in [1.165, 1.54) is 12.1 Å². The maximum atomic E-state index is 14.3. The number of fused-ring (bicyclic) bond motifs is 3. The van der Waals surface area contributed by atoms with Gasteiger partial charge >= 0.3 is 0 Å². The predicted molar refractivity (Wildman–Crippen MR) is 139 cm³/mol. The molecule has 9 nitrogen and oxygen atoms in total. The van der Waals surface area contributed by atoms with E-state index in [4.69, 9.17) is 4.98 Å². The number of aromatic nitrogens is 4. The maximum absolute atomic E-state index is 14.3. The summed E-state index contributed by atoms with van der Waals surface area (Å²) in [6.07, 6.45) is 0.760. The van der Waals surface area contributed by atoms with Crippen LogP contribution in [-0.4, -0.2) is 55.6 Å². The van der Waals surface area contributed by atoms with Crippen LogP contribution >= 0.6 is 0 Å². The second-order valence-corrected chi connectivity index (χ2v) is 9.22. The van der Waals surface area contributed by atoms with E-state index in [0.717, 1.165) is 23.4 Å². The summed E-state index contributed by atoms with van der Waals surface area (Å²) < 4.78 is 29.8. The van der Waals surface area contributed by atoms with Crippen molar-refractivity contribution >= 4 is 28.2 Å². The van der Waals surface area contributed by atoms with Crippen molar-refractivity contribution in [1.82, 2.24) is 24.5 Å². The average Bonchev–Trinajstić information content (AvgIpc) is 3.25. The molecular formula is C27H23F2N7O2. The number of para-hydroxylation sites is 2. The maximum Gasteiger partial charge on any atom is 0.280 e. The van der Waals surface area contributed by atoms with Gasteiger partial charge in [0.15, 0.2) is 23.1 Å². The number of nitro groups is 1. The molecule has 6 rings (SSSR count). The summed E-state index contributed by atoms with van der Waals surface area (Å²) in [4.78, 5) is 20.5. The molecule has 11 heteroatoms. The van der Waals surface area contributed by atoms with E-state index in [2.05, 4.69) is 20.0 Å². The summed E-state index contributed by atoms with van der Waals surface area (Å²) in [5.41, 5.74) is 1.89. The Kier molecular flexibility index (Phi) is 6.12. The van der Waals surface area contributed by atoms with Crippen LogP contribution in [0.3, 0.4) is 0 Å². The number of anilines is 1. The molecule has 0 unspecified atom stereocenters. The van der Waals surface area contributed by atoms with E-state index >= 15 is 0 Å². The van der Waals surface area contributed by atoms with E-state index in [-0.39, 0.29) is 5.69 Å². The molecule has 1 saturated heterocycles. The third-order valence-corrected chi connectivity index (χ3v) is 6.87. The van der Waals surface area contributed by atoms with Gasteiger partial charge in [0.05, 0.1) is 16.0 Å². The number of halogens is 2. The molecule has 0 bridgehead atoms. The Hall–Kier alpha value is -4.51. The van der Waals surface area contributed by atoms with Crippen molar-refractivity contribution in [2.45, 2.75) is 13.0 Å². The van der Waals surface area contributed by atoms with E-state index < -0.39 is 16.6 Å². The minimum absolute atomic E-state index is 0.0694. The highest BCUT2D eigenvalue weighted by Gasteiger charge is 2.26. The lowest BCUT2D eigenvalue weighted by Crippen LogP contribution is -2.32. The van der Waals surface area contributed by atoms with Crippen molar-refractivity contribution in [2.24, 2.45) is 0 Å². The Morgan fingerprint density at radius 1 is 0.895 bits per heavy atom. The van der Waals surface area contributed by atoms with E-state index in [9.17, 15) is 18.9 Å². The topological polar surface area (TPSA) is 92.7 Å². The monoisotopic (exact) mass is 515 g/mol. The van der Waals surface area contributed by atoms with Gasteiger partial charge in [0.1, 0.15) is 0 Å². The van der Waals surface area contributed by atoms with Gasteiger partial charge in [0.25, 0.3) is 5.69 Å². The normalized spacial score (nSPS) is 14.7. The van der Waals surface area contributed by atoms with E-state index in [0.29, 0.717) is 61.3 Å². The van der Waals surface area contributed by atoms with Crippen molar-refractivity contribution in [3.05, 3.63) is 94.0 Å². The number of nitrogens with zero attached hydrogens (tertiary/aromatic N) is 7. The third kappa shape index (κ3) is 4.20. The third-order valence-electron chi connectivity index (χ3n) is 6.87. The highest BCUT2D eigenvalue weighted by Crippen LogP contribution is 2.33. The predicted octanol–water partition coefficient (Wildman–Crippen LogP) is 4.84. The van der Waals surface area contributed by atoms with Crippen LogP contribution in [0.15, 0.2) is 66.7 Å². The van der Waals surface area contributed by atoms with Crippen LogP contribution in [0.2, 0.25) is 0 Å². The molecule has 38 heavy (non-hydrogen) atoms. The van der Waals surface area contributed by atoms with Crippen molar-refractivity contribution < 1.29 is 13.7 Å². The van der Waals surface area contributed by atoms with Crippen LogP contribution < -0.4 is 4.90 Å². The lowest BCUT2D eigenvalue weighted by atomic mass is 10.1. The lowest BCUT2D eigenvalue weighted by molar-refractivity contribution is -0.384. The molecule has 0 saturated carbocycles. The Morgan fingerprint density at radius 3 is 2.58 bits per heavy atom. The van der Waals surface area contributed by atoms with Crippen LogP contribution in [0, 0.1) is 21.7 Å². The van der Waals surface area contributed by atoms with Crippen molar-refractivity contribution in [3.63, 3.8) is 0 Å². The Morgan fingerprint density at radius 2 is 1.71 bits per heavy atom.